The van der Waals surface area contributed by atoms with Gasteiger partial charge < -0.3 is 16.4 Å². The molecule has 0 aromatic heterocycles. The fourth-order valence-corrected chi connectivity index (χ4v) is 3.08. The lowest BCUT2D eigenvalue weighted by Gasteiger charge is -2.12. The number of amides is 3. The number of halogens is 3. The van der Waals surface area contributed by atoms with Crippen LogP contribution >= 0.6 is 0 Å². The molecule has 2 unspecified atom stereocenters. The van der Waals surface area contributed by atoms with Crippen LogP contribution in [-0.4, -0.2) is 11.9 Å². The van der Waals surface area contributed by atoms with Gasteiger partial charge >= 0.3 is 12.2 Å². The van der Waals surface area contributed by atoms with E-state index >= 15 is 0 Å². The van der Waals surface area contributed by atoms with Crippen LogP contribution in [0.2, 0.25) is 0 Å². The zero-order valence-electron chi connectivity index (χ0n) is 14.2. The number of carbonyl (C=O) groups is 2. The lowest BCUT2D eigenvalue weighted by atomic mass is 10.0. The number of benzene rings is 2. The van der Waals surface area contributed by atoms with Crippen molar-refractivity contribution in [2.24, 2.45) is 11.7 Å². The molecule has 142 valence electrons. The fraction of sp³-hybridized carbons (Fsp3) is 0.263. The third-order valence-electron chi connectivity index (χ3n) is 4.48. The summed E-state index contributed by atoms with van der Waals surface area (Å²) >= 11 is 0. The number of nitrogens with one attached hydrogen (secondary N) is 2. The number of primary amides is 1. The van der Waals surface area contributed by atoms with E-state index in [2.05, 4.69) is 10.6 Å². The maximum atomic E-state index is 13.1. The second-order valence-electron chi connectivity index (χ2n) is 6.44. The Bertz CT molecular complexity index is 850. The highest BCUT2D eigenvalue weighted by molar-refractivity contribution is 5.87. The molecule has 4 N–H and O–H groups in total. The quantitative estimate of drug-likeness (QED) is 0.744. The number of carbonyl (C=O) groups excluding carboxylic acids is 2. The third kappa shape index (κ3) is 4.58. The Hall–Kier alpha value is -3.03. The Labute approximate surface area is 153 Å². The average Bonchev–Trinajstić information content (AvgIpc) is 3.40. The van der Waals surface area contributed by atoms with Crippen LogP contribution < -0.4 is 16.4 Å². The molecule has 27 heavy (non-hydrogen) atoms. The molecule has 1 fully saturated rings. The summed E-state index contributed by atoms with van der Waals surface area (Å²) in [7, 11) is 0. The Balaban J connectivity index is 1.57. The molecule has 0 bridgehead atoms. The standard InChI is InChI=1S/C19H18F3N3O2/c20-19(21,22)16-4-2-1-3-13(16)14-9-15(14)17(26)24-10-11-5-7-12(8-6-11)25-18(23)27/h1-8,14-15H,9-10H2,(H,24,26)(H3,23,25,27). The molecule has 0 heterocycles. The van der Waals surface area contributed by atoms with Crippen molar-refractivity contribution in [1.82, 2.24) is 5.32 Å². The number of urea groups is 1. The molecule has 2 aromatic rings. The first-order valence-corrected chi connectivity index (χ1v) is 8.35. The van der Waals surface area contributed by atoms with Crippen LogP contribution in [0.15, 0.2) is 48.5 Å². The van der Waals surface area contributed by atoms with Crippen LogP contribution in [0.1, 0.15) is 29.0 Å². The summed E-state index contributed by atoms with van der Waals surface area (Å²) in [6.45, 7) is 0.250. The van der Waals surface area contributed by atoms with E-state index in [1.165, 1.54) is 12.1 Å². The minimum atomic E-state index is -4.43. The van der Waals surface area contributed by atoms with Crippen molar-refractivity contribution in [1.29, 1.82) is 0 Å². The normalized spacial score (nSPS) is 18.6. The number of nitrogens with two attached hydrogens (primary N) is 1. The Morgan fingerprint density at radius 1 is 1.07 bits per heavy atom. The molecule has 1 aliphatic rings. The van der Waals surface area contributed by atoms with Gasteiger partial charge in [0.25, 0.3) is 0 Å². The SMILES string of the molecule is NC(=O)Nc1ccc(CNC(=O)C2CC2c2ccccc2C(F)(F)F)cc1. The van der Waals surface area contributed by atoms with Crippen molar-refractivity contribution in [3.63, 3.8) is 0 Å². The van der Waals surface area contributed by atoms with Gasteiger partial charge in [0.05, 0.1) is 5.56 Å². The number of anilines is 1. The second-order valence-corrected chi connectivity index (χ2v) is 6.44. The van der Waals surface area contributed by atoms with Gasteiger partial charge in [0.15, 0.2) is 0 Å². The van der Waals surface area contributed by atoms with Crippen LogP contribution in [0.25, 0.3) is 0 Å². The predicted molar refractivity (Wildman–Crippen MR) is 93.8 cm³/mol. The molecular formula is C19H18F3N3O2. The molecule has 3 rings (SSSR count). The predicted octanol–water partition coefficient (Wildman–Crippen LogP) is 3.62. The number of hydrogen-bond donors (Lipinski definition) is 3. The van der Waals surface area contributed by atoms with E-state index in [0.717, 1.165) is 11.6 Å². The van der Waals surface area contributed by atoms with Gasteiger partial charge in [0, 0.05) is 18.2 Å². The van der Waals surface area contributed by atoms with E-state index < -0.39 is 29.6 Å². The van der Waals surface area contributed by atoms with Crippen LogP contribution in [0.5, 0.6) is 0 Å². The van der Waals surface area contributed by atoms with Gasteiger partial charge in [-0.2, -0.15) is 13.2 Å². The van der Waals surface area contributed by atoms with Crippen LogP contribution in [0.3, 0.4) is 0 Å². The van der Waals surface area contributed by atoms with Gasteiger partial charge in [-0.3, -0.25) is 4.79 Å². The van der Waals surface area contributed by atoms with Crippen molar-refractivity contribution in [3.8, 4) is 0 Å². The van der Waals surface area contributed by atoms with Gasteiger partial charge in [0.1, 0.15) is 0 Å². The van der Waals surface area contributed by atoms with Crippen LogP contribution in [-0.2, 0) is 17.5 Å². The minimum absolute atomic E-state index is 0.173. The zero-order chi connectivity index (χ0) is 19.6. The highest BCUT2D eigenvalue weighted by atomic mass is 19.4. The van der Waals surface area contributed by atoms with Crippen molar-refractivity contribution < 1.29 is 22.8 Å². The van der Waals surface area contributed by atoms with Crippen molar-refractivity contribution in [3.05, 3.63) is 65.2 Å². The number of hydrogen-bond acceptors (Lipinski definition) is 2. The summed E-state index contributed by atoms with van der Waals surface area (Å²) in [6, 6.07) is 11.4. The van der Waals surface area contributed by atoms with Gasteiger partial charge in [-0.15, -0.1) is 0 Å². The highest BCUT2D eigenvalue weighted by Gasteiger charge is 2.47. The number of rotatable bonds is 5. The van der Waals surface area contributed by atoms with Crippen LogP contribution in [0.4, 0.5) is 23.7 Å². The maximum Gasteiger partial charge on any atom is 0.416 e. The molecule has 0 radical (unpaired) electrons. The summed E-state index contributed by atoms with van der Waals surface area (Å²) in [5, 5.41) is 5.17. The Morgan fingerprint density at radius 3 is 2.37 bits per heavy atom. The largest absolute Gasteiger partial charge is 0.416 e. The number of alkyl halides is 3. The molecule has 3 amide bonds. The summed E-state index contributed by atoms with van der Waals surface area (Å²) in [4.78, 5) is 23.0. The maximum absolute atomic E-state index is 13.1. The van der Waals surface area contributed by atoms with Gasteiger partial charge in [-0.1, -0.05) is 30.3 Å². The monoisotopic (exact) mass is 377 g/mol. The molecular weight excluding hydrogens is 359 g/mol. The smallest absolute Gasteiger partial charge is 0.352 e. The Kier molecular flexibility index (Phi) is 5.07. The lowest BCUT2D eigenvalue weighted by Crippen LogP contribution is -2.25. The summed E-state index contributed by atoms with van der Waals surface area (Å²) in [5.74, 6) is -1.13. The van der Waals surface area contributed by atoms with Crippen molar-refractivity contribution >= 4 is 17.6 Å². The second kappa shape index (κ2) is 7.30. The molecule has 2 atom stereocenters. The first-order valence-electron chi connectivity index (χ1n) is 8.35. The van der Waals surface area contributed by atoms with E-state index in [-0.39, 0.29) is 18.0 Å². The third-order valence-corrected chi connectivity index (χ3v) is 4.48. The molecule has 0 saturated heterocycles. The highest BCUT2D eigenvalue weighted by Crippen LogP contribution is 2.51. The molecule has 1 aliphatic carbocycles. The van der Waals surface area contributed by atoms with E-state index in [0.29, 0.717) is 12.1 Å². The summed E-state index contributed by atoms with van der Waals surface area (Å²) < 4.78 is 39.3. The van der Waals surface area contributed by atoms with Crippen molar-refractivity contribution in [2.75, 3.05) is 5.32 Å². The molecule has 2 aromatic carbocycles. The molecule has 8 heteroatoms. The van der Waals surface area contributed by atoms with Gasteiger partial charge in [0.2, 0.25) is 5.91 Å². The Morgan fingerprint density at radius 2 is 1.74 bits per heavy atom. The minimum Gasteiger partial charge on any atom is -0.352 e. The van der Waals surface area contributed by atoms with Gasteiger partial charge in [-0.25, -0.2) is 4.79 Å². The average molecular weight is 377 g/mol. The summed E-state index contributed by atoms with van der Waals surface area (Å²) in [6.07, 6.45) is -4.03. The first kappa shape index (κ1) is 18.8. The van der Waals surface area contributed by atoms with Crippen molar-refractivity contribution in [2.45, 2.75) is 25.1 Å². The van der Waals surface area contributed by atoms with E-state index in [4.69, 9.17) is 5.73 Å². The molecule has 0 aliphatic heterocycles. The van der Waals surface area contributed by atoms with E-state index in [1.54, 1.807) is 30.3 Å². The summed E-state index contributed by atoms with van der Waals surface area (Å²) in [5.41, 5.74) is 5.85. The molecule has 1 saturated carbocycles. The van der Waals surface area contributed by atoms with E-state index in [1.807, 2.05) is 0 Å². The molecule has 5 nitrogen and oxygen atoms in total. The van der Waals surface area contributed by atoms with Gasteiger partial charge in [-0.05, 0) is 41.7 Å². The molecule has 0 spiro atoms. The van der Waals surface area contributed by atoms with Crippen LogP contribution in [0, 0.1) is 5.92 Å². The first-order chi connectivity index (χ1) is 12.8. The topological polar surface area (TPSA) is 84.2 Å². The fourth-order valence-electron chi connectivity index (χ4n) is 3.08. The van der Waals surface area contributed by atoms with E-state index in [9.17, 15) is 22.8 Å². The lowest BCUT2D eigenvalue weighted by molar-refractivity contribution is -0.138. The zero-order valence-corrected chi connectivity index (χ0v) is 14.2.